The van der Waals surface area contributed by atoms with Crippen LogP contribution in [-0.2, 0) is 0 Å². The van der Waals surface area contributed by atoms with Gasteiger partial charge in [-0.15, -0.1) is 0 Å². The molecule has 0 spiro atoms. The van der Waals surface area contributed by atoms with E-state index in [1.54, 1.807) is 0 Å². The Morgan fingerprint density at radius 1 is 0.365 bits per heavy atom. The molecule has 0 amide bonds. The maximum absolute atomic E-state index is 6.90. The summed E-state index contributed by atoms with van der Waals surface area (Å²) in [6, 6.07) is 34.3. The molecule has 6 aromatic carbocycles. The molecule has 0 bridgehead atoms. The third kappa shape index (κ3) is 6.45. The molecule has 262 valence electrons. The van der Waals surface area contributed by atoms with E-state index in [0.29, 0.717) is 57.5 Å². The molecule has 2 aliphatic rings. The van der Waals surface area contributed by atoms with Crippen molar-refractivity contribution >= 4 is 17.2 Å². The van der Waals surface area contributed by atoms with Crippen LogP contribution in [0, 0.1) is 41.5 Å². The van der Waals surface area contributed by atoms with Crippen LogP contribution in [0.25, 0.3) is 11.1 Å². The first kappa shape index (κ1) is 33.7. The quantitative estimate of drug-likeness (QED) is 0.162. The molecule has 0 saturated heterocycles. The molecule has 2 aliphatic heterocycles. The molecular weight excluding hydrogens is 694 g/mol. The van der Waals surface area contributed by atoms with Gasteiger partial charge in [0.05, 0.1) is 0 Å². The highest BCUT2D eigenvalue weighted by Gasteiger charge is 2.33. The van der Waals surface area contributed by atoms with E-state index in [1.807, 2.05) is 111 Å². The fraction of sp³-hybridized carbons (Fsp3) is 0.143. The molecule has 0 N–H and O–H groups in total. The zero-order valence-corrected chi connectivity index (χ0v) is 31.3. The Kier molecular flexibility index (Phi) is 9.04. The first-order valence-corrected chi connectivity index (χ1v) is 19.0. The van der Waals surface area contributed by atoms with E-state index in [9.17, 15) is 0 Å². The zero-order chi connectivity index (χ0) is 35.9. The Hall–Kier alpha value is -5.42. The normalized spacial score (nSPS) is 13.6. The standard InChI is InChI=1S/C42H36O8P2/c1-25-23-27(3)41(49-51-45-35-19-11-7-15-31(35)43-32-16-8-12-20-36(32)46-51)39(29(25)5)40-30(6)26(2)24-28(4)42(40)50-52-47-37-21-13-9-17-33(37)44-34-18-10-14-22-38(34)48-52/h7-24H,1-6H3. The third-order valence-electron chi connectivity index (χ3n) is 9.08. The van der Waals surface area contributed by atoms with Gasteiger partial charge in [-0.25, -0.2) is 0 Å². The summed E-state index contributed by atoms with van der Waals surface area (Å²) >= 11 is 0. The fourth-order valence-corrected chi connectivity index (χ4v) is 8.46. The fourth-order valence-electron chi connectivity index (χ4n) is 6.22. The Bertz CT molecular complexity index is 2070. The minimum atomic E-state index is -2.01. The molecule has 0 aliphatic carbocycles. The average molecular weight is 731 g/mol. The Morgan fingerprint density at radius 3 is 0.923 bits per heavy atom. The predicted molar refractivity (Wildman–Crippen MR) is 204 cm³/mol. The molecule has 0 fully saturated rings. The molecule has 8 rings (SSSR count). The number of aryl methyl sites for hydroxylation is 4. The summed E-state index contributed by atoms with van der Waals surface area (Å²) < 4.78 is 52.0. The van der Waals surface area contributed by atoms with Crippen LogP contribution in [0.3, 0.4) is 0 Å². The van der Waals surface area contributed by atoms with Crippen molar-refractivity contribution in [3.05, 3.63) is 143 Å². The van der Waals surface area contributed by atoms with Gasteiger partial charge >= 0.3 is 17.2 Å². The molecule has 0 radical (unpaired) electrons. The molecule has 8 nitrogen and oxygen atoms in total. The van der Waals surface area contributed by atoms with E-state index in [0.717, 1.165) is 44.5 Å². The Morgan fingerprint density at radius 2 is 0.635 bits per heavy atom. The van der Waals surface area contributed by atoms with Crippen molar-refractivity contribution in [2.75, 3.05) is 0 Å². The van der Waals surface area contributed by atoms with Crippen LogP contribution in [0.2, 0.25) is 0 Å². The lowest BCUT2D eigenvalue weighted by atomic mass is 9.87. The smallest absolute Gasteiger partial charge is 0.450 e. The summed E-state index contributed by atoms with van der Waals surface area (Å²) in [5.74, 6) is 5.61. The van der Waals surface area contributed by atoms with Crippen molar-refractivity contribution in [2.24, 2.45) is 0 Å². The van der Waals surface area contributed by atoms with Gasteiger partial charge in [-0.2, -0.15) is 0 Å². The zero-order valence-electron chi connectivity index (χ0n) is 29.6. The molecule has 0 saturated carbocycles. The van der Waals surface area contributed by atoms with E-state index in [2.05, 4.69) is 39.8 Å². The molecule has 52 heavy (non-hydrogen) atoms. The van der Waals surface area contributed by atoms with E-state index >= 15 is 0 Å². The van der Waals surface area contributed by atoms with Gasteiger partial charge < -0.3 is 36.6 Å². The highest BCUT2D eigenvalue weighted by molar-refractivity contribution is 7.43. The van der Waals surface area contributed by atoms with Crippen LogP contribution in [0.15, 0.2) is 109 Å². The largest absolute Gasteiger partial charge is 0.530 e. The number of hydrogen-bond acceptors (Lipinski definition) is 8. The van der Waals surface area contributed by atoms with E-state index in [1.165, 1.54) is 0 Å². The molecule has 2 heterocycles. The average Bonchev–Trinajstić information content (AvgIpc) is 3.11. The van der Waals surface area contributed by atoms with Gasteiger partial charge in [-0.3, -0.25) is 0 Å². The number of ether oxygens (including phenoxy) is 2. The Labute approximate surface area is 305 Å². The van der Waals surface area contributed by atoms with Crippen LogP contribution in [0.5, 0.6) is 57.5 Å². The maximum atomic E-state index is 6.90. The lowest BCUT2D eigenvalue weighted by Crippen LogP contribution is -2.10. The van der Waals surface area contributed by atoms with Gasteiger partial charge in [0.15, 0.2) is 46.0 Å². The topological polar surface area (TPSA) is 73.8 Å². The lowest BCUT2D eigenvalue weighted by Gasteiger charge is -2.28. The van der Waals surface area contributed by atoms with Gasteiger partial charge in [-0.05, 0) is 123 Å². The highest BCUT2D eigenvalue weighted by Crippen LogP contribution is 2.57. The molecule has 0 aromatic heterocycles. The van der Waals surface area contributed by atoms with Crippen LogP contribution >= 0.6 is 17.2 Å². The molecule has 10 heteroatoms. The number of benzene rings is 6. The third-order valence-corrected chi connectivity index (χ3v) is 11.1. The number of fused-ring (bicyclic) bond motifs is 4. The first-order chi connectivity index (χ1) is 25.2. The van der Waals surface area contributed by atoms with Crippen molar-refractivity contribution < 1.29 is 36.6 Å². The summed E-state index contributed by atoms with van der Waals surface area (Å²) in [7, 11) is -4.01. The van der Waals surface area contributed by atoms with Crippen molar-refractivity contribution in [1.29, 1.82) is 0 Å². The summed E-state index contributed by atoms with van der Waals surface area (Å²) in [5.41, 5.74) is 7.84. The van der Waals surface area contributed by atoms with Crippen molar-refractivity contribution in [3.8, 4) is 68.6 Å². The van der Waals surface area contributed by atoms with Gasteiger partial charge in [0, 0.05) is 11.1 Å². The van der Waals surface area contributed by atoms with Gasteiger partial charge in [0.25, 0.3) is 0 Å². The number of hydrogen-bond donors (Lipinski definition) is 0. The lowest BCUT2D eigenvalue weighted by molar-refractivity contribution is 0.345. The predicted octanol–water partition coefficient (Wildman–Crippen LogP) is 12.9. The van der Waals surface area contributed by atoms with Crippen molar-refractivity contribution in [3.63, 3.8) is 0 Å². The SMILES string of the molecule is Cc1cc(C)c(OP2Oc3ccccc3Oc3ccccc3O2)c(-c2c(C)c(C)cc(C)c2OP2Oc3ccccc3Oc3ccccc3O2)c1C. The van der Waals surface area contributed by atoms with E-state index in [-0.39, 0.29) is 0 Å². The van der Waals surface area contributed by atoms with E-state index < -0.39 is 17.2 Å². The van der Waals surface area contributed by atoms with E-state index in [4.69, 9.17) is 36.6 Å². The molecule has 0 unspecified atom stereocenters. The minimum absolute atomic E-state index is 0.517. The second-order valence-corrected chi connectivity index (χ2v) is 14.7. The summed E-state index contributed by atoms with van der Waals surface area (Å²) in [4.78, 5) is 0. The number of rotatable bonds is 5. The van der Waals surface area contributed by atoms with Gasteiger partial charge in [0.2, 0.25) is 0 Å². The monoisotopic (exact) mass is 730 g/mol. The van der Waals surface area contributed by atoms with Crippen LogP contribution in [0.1, 0.15) is 33.4 Å². The molecule has 0 atom stereocenters. The Balaban J connectivity index is 1.25. The summed E-state index contributed by atoms with van der Waals surface area (Å²) in [6.45, 7) is 12.5. The highest BCUT2D eigenvalue weighted by atomic mass is 31.2. The maximum Gasteiger partial charge on any atom is 0.530 e. The van der Waals surface area contributed by atoms with Gasteiger partial charge in [0.1, 0.15) is 11.5 Å². The number of para-hydroxylation sites is 8. The van der Waals surface area contributed by atoms with Crippen molar-refractivity contribution in [2.45, 2.75) is 41.5 Å². The van der Waals surface area contributed by atoms with Crippen molar-refractivity contribution in [1.82, 2.24) is 0 Å². The van der Waals surface area contributed by atoms with Crippen LogP contribution in [0.4, 0.5) is 0 Å². The first-order valence-electron chi connectivity index (χ1n) is 16.9. The molecule has 6 aromatic rings. The van der Waals surface area contributed by atoms with Gasteiger partial charge in [-0.1, -0.05) is 60.7 Å². The second kappa shape index (κ2) is 14.0. The summed E-state index contributed by atoms with van der Waals surface area (Å²) in [5, 5.41) is 0. The molecular formula is C42H36O8P2. The second-order valence-electron chi connectivity index (χ2n) is 12.7. The minimum Gasteiger partial charge on any atom is -0.450 e. The summed E-state index contributed by atoms with van der Waals surface area (Å²) in [6.07, 6.45) is 0. The van der Waals surface area contributed by atoms with Crippen LogP contribution in [-0.4, -0.2) is 0 Å². The van der Waals surface area contributed by atoms with Crippen LogP contribution < -0.4 is 36.6 Å².